The fraction of sp³-hybridized carbons (Fsp3) is 0.125. The maximum atomic E-state index is 13.0. The molecule has 0 saturated heterocycles. The van der Waals surface area contributed by atoms with Crippen molar-refractivity contribution < 1.29 is 27.8 Å². The van der Waals surface area contributed by atoms with Gasteiger partial charge in [0, 0.05) is 11.8 Å². The first kappa shape index (κ1) is 17.9. The van der Waals surface area contributed by atoms with Crippen LogP contribution < -0.4 is 10.1 Å². The zero-order valence-electron chi connectivity index (χ0n) is 12.4. The Morgan fingerprint density at radius 2 is 1.88 bits per heavy atom. The number of amides is 1. The molecule has 0 aliphatic rings. The number of hydrogen-bond donors (Lipinski definition) is 1. The Morgan fingerprint density at radius 3 is 2.50 bits per heavy atom. The van der Waals surface area contributed by atoms with Gasteiger partial charge in [-0.15, -0.1) is 0 Å². The second kappa shape index (κ2) is 7.87. The van der Waals surface area contributed by atoms with Gasteiger partial charge in [0.1, 0.15) is 5.75 Å². The number of esters is 1. The molecule has 5 nitrogen and oxygen atoms in total. The highest BCUT2D eigenvalue weighted by Gasteiger charge is 2.13. The Balaban J connectivity index is 1.92. The summed E-state index contributed by atoms with van der Waals surface area (Å²) in [6, 6.07) is 7.45. The minimum Gasteiger partial charge on any atom is -0.496 e. The van der Waals surface area contributed by atoms with Crippen LogP contribution >= 0.6 is 15.9 Å². The Hall–Kier alpha value is -2.48. The first-order valence-corrected chi connectivity index (χ1v) is 7.45. The normalized spacial score (nSPS) is 10.2. The lowest BCUT2D eigenvalue weighted by Crippen LogP contribution is -2.21. The van der Waals surface area contributed by atoms with Crippen molar-refractivity contribution in [1.29, 1.82) is 0 Å². The van der Waals surface area contributed by atoms with Crippen LogP contribution in [0.25, 0.3) is 0 Å². The zero-order valence-corrected chi connectivity index (χ0v) is 14.0. The first-order valence-electron chi connectivity index (χ1n) is 6.66. The molecule has 1 amide bonds. The van der Waals surface area contributed by atoms with E-state index in [1.54, 1.807) is 6.07 Å². The summed E-state index contributed by atoms with van der Waals surface area (Å²) in [5, 5.41) is 2.29. The number of methoxy groups -OCH3 is 1. The minimum atomic E-state index is -1.09. The third-order valence-corrected chi connectivity index (χ3v) is 3.54. The highest BCUT2D eigenvalue weighted by molar-refractivity contribution is 9.10. The minimum absolute atomic E-state index is 0.0575. The lowest BCUT2D eigenvalue weighted by Gasteiger charge is -2.08. The molecule has 2 aromatic rings. The van der Waals surface area contributed by atoms with Gasteiger partial charge in [-0.2, -0.15) is 0 Å². The average Bonchev–Trinajstić information content (AvgIpc) is 2.56. The van der Waals surface area contributed by atoms with E-state index in [2.05, 4.69) is 21.2 Å². The Morgan fingerprint density at radius 1 is 1.12 bits per heavy atom. The number of nitrogens with one attached hydrogen (secondary N) is 1. The maximum absolute atomic E-state index is 13.0. The topological polar surface area (TPSA) is 64.6 Å². The summed E-state index contributed by atoms with van der Waals surface area (Å²) >= 11 is 3.23. The third kappa shape index (κ3) is 4.51. The number of hydrogen-bond acceptors (Lipinski definition) is 4. The Labute approximate surface area is 144 Å². The van der Waals surface area contributed by atoms with Crippen LogP contribution in [0.3, 0.4) is 0 Å². The molecule has 0 bridgehead atoms. The molecule has 8 heteroatoms. The fourth-order valence-electron chi connectivity index (χ4n) is 1.78. The molecule has 2 rings (SSSR count). The third-order valence-electron chi connectivity index (χ3n) is 2.93. The first-order chi connectivity index (χ1) is 11.4. The quantitative estimate of drug-likeness (QED) is 0.781. The highest BCUT2D eigenvalue weighted by Crippen LogP contribution is 2.25. The molecule has 0 aliphatic carbocycles. The SMILES string of the molecule is COc1ccc(C(=O)OCC(=O)Nc2ccc(F)c(F)c2)cc1Br. The van der Waals surface area contributed by atoms with E-state index in [0.29, 0.717) is 10.2 Å². The monoisotopic (exact) mass is 399 g/mol. The molecule has 2 aromatic carbocycles. The van der Waals surface area contributed by atoms with Gasteiger partial charge in [0.25, 0.3) is 5.91 Å². The number of carbonyl (C=O) groups is 2. The fourth-order valence-corrected chi connectivity index (χ4v) is 2.32. The van der Waals surface area contributed by atoms with Gasteiger partial charge in [0.05, 0.1) is 17.1 Å². The molecule has 1 N–H and O–H groups in total. The van der Waals surface area contributed by atoms with Crippen molar-refractivity contribution in [2.45, 2.75) is 0 Å². The van der Waals surface area contributed by atoms with Gasteiger partial charge in [-0.05, 0) is 46.3 Å². The largest absolute Gasteiger partial charge is 0.496 e. The molecule has 24 heavy (non-hydrogen) atoms. The van der Waals surface area contributed by atoms with Crippen LogP contribution in [0.5, 0.6) is 5.75 Å². The van der Waals surface area contributed by atoms with E-state index in [0.717, 1.165) is 12.1 Å². The van der Waals surface area contributed by atoms with Crippen LogP contribution in [0, 0.1) is 11.6 Å². The predicted octanol–water partition coefficient (Wildman–Crippen LogP) is 3.53. The van der Waals surface area contributed by atoms with Gasteiger partial charge in [0.15, 0.2) is 18.2 Å². The molecule has 0 fully saturated rings. The van der Waals surface area contributed by atoms with E-state index >= 15 is 0 Å². The zero-order chi connectivity index (χ0) is 17.7. The summed E-state index contributed by atoms with van der Waals surface area (Å²) in [6.45, 7) is -0.568. The molecule has 0 spiro atoms. The van der Waals surface area contributed by atoms with Crippen LogP contribution in [0.15, 0.2) is 40.9 Å². The second-order valence-electron chi connectivity index (χ2n) is 4.60. The van der Waals surface area contributed by atoms with Crippen molar-refractivity contribution in [1.82, 2.24) is 0 Å². The summed E-state index contributed by atoms with van der Waals surface area (Å²) in [4.78, 5) is 23.6. The van der Waals surface area contributed by atoms with Gasteiger partial charge in [0.2, 0.25) is 0 Å². The lowest BCUT2D eigenvalue weighted by molar-refractivity contribution is -0.119. The summed E-state index contributed by atoms with van der Waals surface area (Å²) in [5.41, 5.74) is 0.283. The van der Waals surface area contributed by atoms with Crippen molar-refractivity contribution in [3.05, 3.63) is 58.1 Å². The molecular formula is C16H12BrF2NO4. The number of ether oxygens (including phenoxy) is 2. The molecule has 126 valence electrons. The van der Waals surface area contributed by atoms with Crippen LogP contribution in [-0.4, -0.2) is 25.6 Å². The van der Waals surface area contributed by atoms with Crippen LogP contribution in [0.4, 0.5) is 14.5 Å². The summed E-state index contributed by atoms with van der Waals surface area (Å²) < 4.78 is 36.3. The molecule has 0 radical (unpaired) electrons. The maximum Gasteiger partial charge on any atom is 0.338 e. The molecule has 0 aliphatic heterocycles. The van der Waals surface area contributed by atoms with Gasteiger partial charge in [-0.1, -0.05) is 0 Å². The molecule has 0 unspecified atom stereocenters. The predicted molar refractivity (Wildman–Crippen MR) is 86.0 cm³/mol. The van der Waals surface area contributed by atoms with Crippen molar-refractivity contribution in [2.75, 3.05) is 19.0 Å². The number of halogens is 3. The molecule has 0 aromatic heterocycles. The van der Waals surface area contributed by atoms with E-state index in [9.17, 15) is 18.4 Å². The van der Waals surface area contributed by atoms with E-state index in [1.165, 1.54) is 25.3 Å². The van der Waals surface area contributed by atoms with Gasteiger partial charge in [-0.25, -0.2) is 13.6 Å². The van der Waals surface area contributed by atoms with Crippen LogP contribution in [-0.2, 0) is 9.53 Å². The van der Waals surface area contributed by atoms with Crippen LogP contribution in [0.1, 0.15) is 10.4 Å². The van der Waals surface area contributed by atoms with E-state index in [1.807, 2.05) is 0 Å². The number of rotatable bonds is 5. The van der Waals surface area contributed by atoms with Gasteiger partial charge < -0.3 is 14.8 Å². The number of carbonyl (C=O) groups excluding carboxylic acids is 2. The summed E-state index contributed by atoms with van der Waals surface area (Å²) in [7, 11) is 1.49. The average molecular weight is 400 g/mol. The lowest BCUT2D eigenvalue weighted by atomic mass is 10.2. The van der Waals surface area contributed by atoms with Crippen molar-refractivity contribution in [3.8, 4) is 5.75 Å². The Bertz CT molecular complexity index is 783. The van der Waals surface area contributed by atoms with Crippen molar-refractivity contribution in [2.24, 2.45) is 0 Å². The number of anilines is 1. The molecule has 0 saturated carbocycles. The van der Waals surface area contributed by atoms with Crippen molar-refractivity contribution >= 4 is 33.5 Å². The van der Waals surface area contributed by atoms with Crippen molar-refractivity contribution in [3.63, 3.8) is 0 Å². The smallest absolute Gasteiger partial charge is 0.338 e. The molecule has 0 atom stereocenters. The standard InChI is InChI=1S/C16H12BrF2NO4/c1-23-14-5-2-9(6-11(14)17)16(22)24-8-15(21)20-10-3-4-12(18)13(19)7-10/h2-7H,8H2,1H3,(H,20,21). The van der Waals surface area contributed by atoms with E-state index < -0.39 is 30.1 Å². The summed E-state index contributed by atoms with van der Waals surface area (Å²) in [5.74, 6) is -2.96. The number of benzene rings is 2. The summed E-state index contributed by atoms with van der Waals surface area (Å²) in [6.07, 6.45) is 0. The Kier molecular flexibility index (Phi) is 5.86. The van der Waals surface area contributed by atoms with E-state index in [4.69, 9.17) is 9.47 Å². The van der Waals surface area contributed by atoms with Crippen LogP contribution in [0.2, 0.25) is 0 Å². The molecular weight excluding hydrogens is 388 g/mol. The van der Waals surface area contributed by atoms with E-state index in [-0.39, 0.29) is 11.3 Å². The molecule has 0 heterocycles. The second-order valence-corrected chi connectivity index (χ2v) is 5.46. The van der Waals surface area contributed by atoms with Gasteiger partial charge >= 0.3 is 5.97 Å². The van der Waals surface area contributed by atoms with Gasteiger partial charge in [-0.3, -0.25) is 4.79 Å². The highest BCUT2D eigenvalue weighted by atomic mass is 79.9.